The van der Waals surface area contributed by atoms with Crippen molar-refractivity contribution in [2.75, 3.05) is 30.4 Å². The average molecular weight is 606 g/mol. The minimum Gasteiger partial charge on any atom is -0.465 e. The molecule has 13 heteroatoms. The molecule has 43 heavy (non-hydrogen) atoms. The van der Waals surface area contributed by atoms with Gasteiger partial charge < -0.3 is 19.2 Å². The van der Waals surface area contributed by atoms with Gasteiger partial charge in [0, 0.05) is 31.3 Å². The number of aromatic nitrogens is 2. The minimum atomic E-state index is -1.41. The highest BCUT2D eigenvalue weighted by molar-refractivity contribution is 6.31. The molecule has 3 amide bonds. The van der Waals surface area contributed by atoms with Crippen molar-refractivity contribution in [3.63, 3.8) is 0 Å². The summed E-state index contributed by atoms with van der Waals surface area (Å²) in [6, 6.07) is 18.7. The number of carbonyl (C=O) groups excluding carboxylic acids is 2. The van der Waals surface area contributed by atoms with Crippen LogP contribution < -0.4 is 10.2 Å². The number of hydrogen-bond donors (Lipinski definition) is 2. The Morgan fingerprint density at radius 3 is 2.60 bits per heavy atom. The summed E-state index contributed by atoms with van der Waals surface area (Å²) in [7, 11) is 1.43. The van der Waals surface area contributed by atoms with Gasteiger partial charge in [0.15, 0.2) is 11.4 Å². The molecule has 0 unspecified atom stereocenters. The zero-order valence-electron chi connectivity index (χ0n) is 22.8. The molecule has 2 N–H and O–H groups in total. The Labute approximate surface area is 249 Å². The maximum Gasteiger partial charge on any atom is 0.412 e. The molecule has 2 aliphatic heterocycles. The standard InChI is InChI=1S/C30H25ClFN5O6/c1-36(29(40)41)19-9-7-18(8-10-19)25-34-35-26(42-25)20(15-17-5-3-2-4-6-17)27(38)37-14-13-30(16-37)23-22(33-28(39)43-30)12-11-21(31)24(23)32/h2-12,20H,13-16H2,1H3,(H,33,39)(H,40,41)/t20-,30-/m0/s1. The van der Waals surface area contributed by atoms with E-state index in [-0.39, 0.29) is 59.9 Å². The summed E-state index contributed by atoms with van der Waals surface area (Å²) in [5, 5.41) is 20.0. The highest BCUT2D eigenvalue weighted by Gasteiger charge is 2.51. The van der Waals surface area contributed by atoms with Crippen LogP contribution in [0.2, 0.25) is 5.02 Å². The van der Waals surface area contributed by atoms with E-state index < -0.39 is 29.5 Å². The van der Waals surface area contributed by atoms with Crippen molar-refractivity contribution < 1.29 is 33.0 Å². The lowest BCUT2D eigenvalue weighted by molar-refractivity contribution is -0.133. The molecule has 0 aliphatic carbocycles. The lowest BCUT2D eigenvalue weighted by atomic mass is 9.89. The Balaban J connectivity index is 1.30. The largest absolute Gasteiger partial charge is 0.465 e. The molecule has 3 aromatic carbocycles. The van der Waals surface area contributed by atoms with Crippen LogP contribution in [0.3, 0.4) is 0 Å². The number of rotatable bonds is 6. The van der Waals surface area contributed by atoms with E-state index in [0.717, 1.165) is 10.5 Å². The summed E-state index contributed by atoms with van der Waals surface area (Å²) < 4.78 is 26.9. The second-order valence-corrected chi connectivity index (χ2v) is 10.8. The number of amides is 3. The number of ether oxygens (including phenoxy) is 1. The summed E-state index contributed by atoms with van der Waals surface area (Å²) in [6.07, 6.45) is -1.44. The molecule has 4 aromatic rings. The molecule has 2 atom stereocenters. The van der Waals surface area contributed by atoms with Crippen LogP contribution in [0, 0.1) is 5.82 Å². The van der Waals surface area contributed by atoms with Gasteiger partial charge in [-0.2, -0.15) is 0 Å². The Morgan fingerprint density at radius 1 is 1.14 bits per heavy atom. The monoisotopic (exact) mass is 605 g/mol. The quantitative estimate of drug-likeness (QED) is 0.287. The fraction of sp³-hybridized carbons (Fsp3) is 0.233. The second-order valence-electron chi connectivity index (χ2n) is 10.4. The van der Waals surface area contributed by atoms with Crippen LogP contribution in [0.5, 0.6) is 0 Å². The Bertz CT molecular complexity index is 1720. The van der Waals surface area contributed by atoms with Gasteiger partial charge in [0.25, 0.3) is 0 Å². The maximum atomic E-state index is 15.3. The van der Waals surface area contributed by atoms with Gasteiger partial charge in [-0.15, -0.1) is 10.2 Å². The van der Waals surface area contributed by atoms with Crippen LogP contribution in [-0.2, 0) is 21.6 Å². The average Bonchev–Trinajstić information content (AvgIpc) is 3.66. The van der Waals surface area contributed by atoms with Crippen LogP contribution in [0.1, 0.15) is 29.4 Å². The highest BCUT2D eigenvalue weighted by atomic mass is 35.5. The molecule has 0 radical (unpaired) electrons. The van der Waals surface area contributed by atoms with Gasteiger partial charge in [-0.3, -0.25) is 15.0 Å². The first kappa shape index (κ1) is 28.2. The van der Waals surface area contributed by atoms with Crippen molar-refractivity contribution in [1.29, 1.82) is 0 Å². The van der Waals surface area contributed by atoms with Gasteiger partial charge in [-0.05, 0) is 48.4 Å². The van der Waals surface area contributed by atoms with Crippen LogP contribution >= 0.6 is 11.6 Å². The van der Waals surface area contributed by atoms with Gasteiger partial charge in [-0.1, -0.05) is 41.9 Å². The van der Waals surface area contributed by atoms with E-state index in [0.29, 0.717) is 11.3 Å². The van der Waals surface area contributed by atoms with Crippen LogP contribution in [0.25, 0.3) is 11.5 Å². The summed E-state index contributed by atoms with van der Waals surface area (Å²) in [6.45, 7) is 0.0940. The maximum absolute atomic E-state index is 15.3. The van der Waals surface area contributed by atoms with E-state index in [1.54, 1.807) is 24.3 Å². The van der Waals surface area contributed by atoms with Gasteiger partial charge in [0.2, 0.25) is 17.7 Å². The van der Waals surface area contributed by atoms with Crippen molar-refractivity contribution in [2.45, 2.75) is 24.4 Å². The lowest BCUT2D eigenvalue weighted by Gasteiger charge is -2.36. The highest BCUT2D eigenvalue weighted by Crippen LogP contribution is 2.46. The van der Waals surface area contributed by atoms with E-state index in [1.165, 1.54) is 24.1 Å². The smallest absolute Gasteiger partial charge is 0.412 e. The van der Waals surface area contributed by atoms with Gasteiger partial charge in [0.05, 0.1) is 22.8 Å². The first-order chi connectivity index (χ1) is 20.6. The van der Waals surface area contributed by atoms with Crippen molar-refractivity contribution in [3.8, 4) is 11.5 Å². The fourth-order valence-corrected chi connectivity index (χ4v) is 5.66. The molecule has 220 valence electrons. The molecule has 0 bridgehead atoms. The third-order valence-corrected chi connectivity index (χ3v) is 8.02. The third-order valence-electron chi connectivity index (χ3n) is 7.73. The van der Waals surface area contributed by atoms with E-state index in [2.05, 4.69) is 15.5 Å². The molecule has 3 heterocycles. The minimum absolute atomic E-state index is 0.0773. The molecule has 6 rings (SSSR count). The zero-order valence-corrected chi connectivity index (χ0v) is 23.5. The molecular formula is C30H25ClFN5O6. The number of fused-ring (bicyclic) bond motifs is 2. The SMILES string of the molecule is CN(C(=O)O)c1ccc(-c2nnc([C@H](Cc3ccccc3)C(=O)N3CC[C@@]4(C3)OC(=O)Nc3ccc(Cl)c(F)c34)o2)cc1. The number of benzene rings is 3. The molecular weight excluding hydrogens is 581 g/mol. The number of hydrogen-bond acceptors (Lipinski definition) is 7. The van der Waals surface area contributed by atoms with Crippen molar-refractivity contribution in [3.05, 3.63) is 94.6 Å². The molecule has 1 aromatic heterocycles. The van der Waals surface area contributed by atoms with Gasteiger partial charge in [-0.25, -0.2) is 14.0 Å². The van der Waals surface area contributed by atoms with Crippen molar-refractivity contribution in [2.24, 2.45) is 0 Å². The number of halogens is 2. The molecule has 1 spiro atoms. The molecule has 11 nitrogen and oxygen atoms in total. The number of likely N-dealkylation sites (tertiary alicyclic amines) is 1. The summed E-state index contributed by atoms with van der Waals surface area (Å²) >= 11 is 6.07. The van der Waals surface area contributed by atoms with E-state index in [4.69, 9.17) is 20.8 Å². The molecule has 1 saturated heterocycles. The fourth-order valence-electron chi connectivity index (χ4n) is 5.50. The summed E-state index contributed by atoms with van der Waals surface area (Å²) in [5.41, 5.74) is 0.783. The molecule has 0 saturated carbocycles. The Kier molecular flexibility index (Phi) is 7.22. The lowest BCUT2D eigenvalue weighted by Crippen LogP contribution is -2.44. The van der Waals surface area contributed by atoms with Crippen LogP contribution in [0.15, 0.2) is 71.1 Å². The van der Waals surface area contributed by atoms with Gasteiger partial charge in [0.1, 0.15) is 5.92 Å². The second kappa shape index (κ2) is 11.0. The number of carboxylic acid groups (broad SMARTS) is 1. The first-order valence-corrected chi connectivity index (χ1v) is 13.7. The molecule has 1 fully saturated rings. The Hall–Kier alpha value is -4.97. The van der Waals surface area contributed by atoms with E-state index in [1.807, 2.05) is 30.3 Å². The number of anilines is 2. The topological polar surface area (TPSA) is 138 Å². The number of nitrogens with one attached hydrogen (secondary N) is 1. The predicted octanol–water partition coefficient (Wildman–Crippen LogP) is 5.66. The van der Waals surface area contributed by atoms with E-state index in [9.17, 15) is 19.5 Å². The number of nitrogens with zero attached hydrogens (tertiary/aromatic N) is 4. The van der Waals surface area contributed by atoms with Gasteiger partial charge >= 0.3 is 12.2 Å². The molecule has 2 aliphatic rings. The first-order valence-electron chi connectivity index (χ1n) is 13.4. The summed E-state index contributed by atoms with van der Waals surface area (Å²) in [4.78, 5) is 40.4. The van der Waals surface area contributed by atoms with Crippen LogP contribution in [-0.4, -0.2) is 58.4 Å². The third kappa shape index (κ3) is 5.25. The van der Waals surface area contributed by atoms with Crippen molar-refractivity contribution >= 4 is 41.1 Å². The predicted molar refractivity (Wildman–Crippen MR) is 153 cm³/mol. The summed E-state index contributed by atoms with van der Waals surface area (Å²) in [5.74, 6) is -1.73. The normalized spacial score (nSPS) is 18.1. The Morgan fingerprint density at radius 2 is 1.88 bits per heavy atom. The zero-order chi connectivity index (χ0) is 30.3. The van der Waals surface area contributed by atoms with E-state index >= 15 is 4.39 Å². The number of carbonyl (C=O) groups is 3. The van der Waals surface area contributed by atoms with Crippen LogP contribution in [0.4, 0.5) is 25.4 Å². The van der Waals surface area contributed by atoms with Crippen molar-refractivity contribution in [1.82, 2.24) is 15.1 Å².